The van der Waals surface area contributed by atoms with E-state index >= 15 is 0 Å². The molecule has 1 N–H and O–H groups in total. The van der Waals surface area contributed by atoms with E-state index in [0.717, 1.165) is 27.8 Å². The third-order valence-electron chi connectivity index (χ3n) is 3.37. The van der Waals surface area contributed by atoms with E-state index in [1.165, 1.54) is 9.13 Å². The number of nitrogens with one attached hydrogen (secondary N) is 1. The SMILES string of the molecule is Ic1ccc2[nH]c3nc(SCc4ccccc4)nnc3c2c1. The molecule has 4 rings (SSSR count). The zero-order valence-electron chi connectivity index (χ0n) is 11.5. The first-order valence-electron chi connectivity index (χ1n) is 6.78. The van der Waals surface area contributed by atoms with Crippen molar-refractivity contribution in [3.05, 3.63) is 57.7 Å². The molecule has 0 amide bonds. The number of aromatic nitrogens is 4. The first-order chi connectivity index (χ1) is 10.8. The van der Waals surface area contributed by atoms with E-state index < -0.39 is 0 Å². The van der Waals surface area contributed by atoms with E-state index in [9.17, 15) is 0 Å². The van der Waals surface area contributed by atoms with Crippen LogP contribution in [0.5, 0.6) is 0 Å². The molecule has 0 aliphatic carbocycles. The van der Waals surface area contributed by atoms with Crippen molar-refractivity contribution in [3.8, 4) is 0 Å². The Morgan fingerprint density at radius 2 is 1.91 bits per heavy atom. The van der Waals surface area contributed by atoms with Crippen molar-refractivity contribution in [1.82, 2.24) is 20.2 Å². The fourth-order valence-corrected chi connectivity index (χ4v) is 3.55. The molecule has 0 atom stereocenters. The van der Waals surface area contributed by atoms with Gasteiger partial charge in [0.15, 0.2) is 5.65 Å². The van der Waals surface area contributed by atoms with Gasteiger partial charge in [0.05, 0.1) is 0 Å². The molecule has 0 aliphatic heterocycles. The Labute approximate surface area is 144 Å². The third kappa shape index (κ3) is 2.68. The highest BCUT2D eigenvalue weighted by atomic mass is 127. The van der Waals surface area contributed by atoms with E-state index in [1.807, 2.05) is 18.2 Å². The molecule has 22 heavy (non-hydrogen) atoms. The summed E-state index contributed by atoms with van der Waals surface area (Å²) in [7, 11) is 0. The van der Waals surface area contributed by atoms with Gasteiger partial charge in [-0.1, -0.05) is 42.1 Å². The molecule has 0 radical (unpaired) electrons. The maximum Gasteiger partial charge on any atom is 0.211 e. The molecule has 2 heterocycles. The minimum Gasteiger partial charge on any atom is -0.338 e. The summed E-state index contributed by atoms with van der Waals surface area (Å²) in [5.41, 5.74) is 3.92. The van der Waals surface area contributed by atoms with Gasteiger partial charge in [-0.25, -0.2) is 4.98 Å². The standard InChI is InChI=1S/C16H11IN4S/c17-11-6-7-13-12(8-11)14-15(18-13)19-16(21-20-14)22-9-10-4-2-1-3-5-10/h1-8H,9H2,(H,18,19,21). The molecule has 0 bridgehead atoms. The number of aromatic amines is 1. The monoisotopic (exact) mass is 418 g/mol. The van der Waals surface area contributed by atoms with Crippen LogP contribution in [0.3, 0.4) is 0 Å². The molecule has 4 nitrogen and oxygen atoms in total. The van der Waals surface area contributed by atoms with E-state index in [1.54, 1.807) is 11.8 Å². The van der Waals surface area contributed by atoms with Crippen molar-refractivity contribution < 1.29 is 0 Å². The highest BCUT2D eigenvalue weighted by Crippen LogP contribution is 2.26. The fourth-order valence-electron chi connectivity index (χ4n) is 2.31. The van der Waals surface area contributed by atoms with Crippen molar-refractivity contribution in [2.75, 3.05) is 0 Å². The predicted molar refractivity (Wildman–Crippen MR) is 97.9 cm³/mol. The highest BCUT2D eigenvalue weighted by Gasteiger charge is 2.09. The Hall–Kier alpha value is -1.67. The van der Waals surface area contributed by atoms with Gasteiger partial charge < -0.3 is 4.98 Å². The van der Waals surface area contributed by atoms with Crippen LogP contribution in [0.4, 0.5) is 0 Å². The molecule has 0 unspecified atom stereocenters. The summed E-state index contributed by atoms with van der Waals surface area (Å²) in [6.07, 6.45) is 0. The lowest BCUT2D eigenvalue weighted by molar-refractivity contribution is 0.878. The second kappa shape index (κ2) is 5.85. The van der Waals surface area contributed by atoms with E-state index in [4.69, 9.17) is 0 Å². The van der Waals surface area contributed by atoms with Crippen LogP contribution in [0.15, 0.2) is 53.7 Å². The number of benzene rings is 2. The van der Waals surface area contributed by atoms with Crippen LogP contribution in [0.2, 0.25) is 0 Å². The van der Waals surface area contributed by atoms with Crippen LogP contribution >= 0.6 is 34.4 Å². The van der Waals surface area contributed by atoms with Gasteiger partial charge in [0.25, 0.3) is 0 Å². The zero-order chi connectivity index (χ0) is 14.9. The molecule has 4 aromatic rings. The van der Waals surface area contributed by atoms with Crippen molar-refractivity contribution in [2.24, 2.45) is 0 Å². The van der Waals surface area contributed by atoms with Gasteiger partial charge >= 0.3 is 0 Å². The summed E-state index contributed by atoms with van der Waals surface area (Å²) in [6.45, 7) is 0. The Morgan fingerprint density at radius 3 is 2.77 bits per heavy atom. The number of hydrogen-bond acceptors (Lipinski definition) is 4. The van der Waals surface area contributed by atoms with E-state index in [-0.39, 0.29) is 0 Å². The Morgan fingerprint density at radius 1 is 1.05 bits per heavy atom. The number of rotatable bonds is 3. The van der Waals surface area contributed by atoms with Gasteiger partial charge in [-0.05, 0) is 46.4 Å². The number of halogens is 1. The second-order valence-corrected chi connectivity index (χ2v) is 7.07. The summed E-state index contributed by atoms with van der Waals surface area (Å²) in [5.74, 6) is 0.839. The molecule has 108 valence electrons. The van der Waals surface area contributed by atoms with Gasteiger partial charge in [0.2, 0.25) is 5.16 Å². The fraction of sp³-hybridized carbons (Fsp3) is 0.0625. The van der Waals surface area contributed by atoms with Crippen LogP contribution in [0.25, 0.3) is 22.1 Å². The lowest BCUT2D eigenvalue weighted by atomic mass is 10.2. The molecule has 0 saturated heterocycles. The number of hydrogen-bond donors (Lipinski definition) is 1. The summed E-state index contributed by atoms with van der Waals surface area (Å²) < 4.78 is 1.18. The minimum atomic E-state index is 0.692. The number of H-pyrrole nitrogens is 1. The predicted octanol–water partition coefficient (Wildman–Crippen LogP) is 4.40. The molecule has 0 spiro atoms. The highest BCUT2D eigenvalue weighted by molar-refractivity contribution is 14.1. The average Bonchev–Trinajstić information content (AvgIpc) is 2.91. The zero-order valence-corrected chi connectivity index (χ0v) is 14.4. The maximum absolute atomic E-state index is 4.59. The lowest BCUT2D eigenvalue weighted by Gasteiger charge is -1.99. The molecule has 2 aromatic heterocycles. The summed E-state index contributed by atoms with van der Waals surface area (Å²) >= 11 is 3.89. The van der Waals surface area contributed by atoms with Gasteiger partial charge in [0.1, 0.15) is 5.52 Å². The number of fused-ring (bicyclic) bond motifs is 3. The molecular weight excluding hydrogens is 407 g/mol. The Kier molecular flexibility index (Phi) is 3.71. The van der Waals surface area contributed by atoms with Gasteiger partial charge in [-0.2, -0.15) is 0 Å². The van der Waals surface area contributed by atoms with Gasteiger partial charge in [-0.3, -0.25) is 0 Å². The first-order valence-corrected chi connectivity index (χ1v) is 8.84. The van der Waals surface area contributed by atoms with E-state index in [0.29, 0.717) is 5.16 Å². The molecule has 0 aliphatic rings. The number of nitrogens with zero attached hydrogens (tertiary/aromatic N) is 3. The second-order valence-electron chi connectivity index (χ2n) is 4.88. The van der Waals surface area contributed by atoms with Gasteiger partial charge in [-0.15, -0.1) is 10.2 Å². The minimum absolute atomic E-state index is 0.692. The third-order valence-corrected chi connectivity index (χ3v) is 4.95. The quantitative estimate of drug-likeness (QED) is 0.396. The molecule has 2 aromatic carbocycles. The smallest absolute Gasteiger partial charge is 0.211 e. The maximum atomic E-state index is 4.59. The normalized spacial score (nSPS) is 11.3. The topological polar surface area (TPSA) is 54.5 Å². The van der Waals surface area contributed by atoms with Crippen molar-refractivity contribution >= 4 is 56.4 Å². The van der Waals surface area contributed by atoms with Crippen LogP contribution < -0.4 is 0 Å². The average molecular weight is 418 g/mol. The largest absolute Gasteiger partial charge is 0.338 e. The molecule has 0 saturated carbocycles. The van der Waals surface area contributed by atoms with Crippen LogP contribution in [-0.4, -0.2) is 20.2 Å². The van der Waals surface area contributed by atoms with Crippen LogP contribution in [0, 0.1) is 3.57 Å². The Bertz CT molecular complexity index is 952. The molecular formula is C16H11IN4S. The van der Waals surface area contributed by atoms with Crippen LogP contribution in [-0.2, 0) is 5.75 Å². The van der Waals surface area contributed by atoms with Crippen molar-refractivity contribution in [1.29, 1.82) is 0 Å². The summed E-state index contributed by atoms with van der Waals surface area (Å²) in [6, 6.07) is 16.5. The first kappa shape index (κ1) is 14.0. The van der Waals surface area contributed by atoms with Gasteiger partial charge in [0, 0.05) is 20.2 Å². The Balaban J connectivity index is 1.67. The van der Waals surface area contributed by atoms with Crippen LogP contribution in [0.1, 0.15) is 5.56 Å². The number of thioether (sulfide) groups is 1. The lowest BCUT2D eigenvalue weighted by Crippen LogP contribution is -1.92. The molecule has 6 heteroatoms. The van der Waals surface area contributed by atoms with Crippen molar-refractivity contribution in [2.45, 2.75) is 10.9 Å². The van der Waals surface area contributed by atoms with E-state index in [2.05, 4.69) is 73.1 Å². The molecule has 0 fully saturated rings. The van der Waals surface area contributed by atoms with Crippen molar-refractivity contribution in [3.63, 3.8) is 0 Å². The summed E-state index contributed by atoms with van der Waals surface area (Å²) in [4.78, 5) is 7.90. The summed E-state index contributed by atoms with van der Waals surface area (Å²) in [5, 5.41) is 10.4.